The molecule has 9 heteroatoms. The van der Waals surface area contributed by atoms with Crippen LogP contribution in [0.1, 0.15) is 21.7 Å². The first-order valence-electron chi connectivity index (χ1n) is 4.88. The molecule has 7 nitrogen and oxygen atoms in total. The van der Waals surface area contributed by atoms with Crippen LogP contribution in [0.15, 0.2) is 0 Å². The van der Waals surface area contributed by atoms with E-state index < -0.39 is 33.7 Å². The number of ether oxygens (including phenoxy) is 2. The van der Waals surface area contributed by atoms with Crippen LogP contribution < -0.4 is 29.6 Å². The zero-order valence-electron chi connectivity index (χ0n) is 11.9. The van der Waals surface area contributed by atoms with Gasteiger partial charge in [-0.05, 0) is 5.92 Å². The number of hydrogen-bond acceptors (Lipinski definition) is 6. The van der Waals surface area contributed by atoms with Gasteiger partial charge in [0.25, 0.3) is 10.1 Å². The van der Waals surface area contributed by atoms with Gasteiger partial charge in [-0.25, -0.2) is 0 Å². The van der Waals surface area contributed by atoms with Crippen molar-refractivity contribution in [3.8, 4) is 0 Å². The number of rotatable bonds is 6. The van der Waals surface area contributed by atoms with Crippen molar-refractivity contribution in [3.63, 3.8) is 0 Å². The molecule has 0 spiro atoms. The maximum atomic E-state index is 11.2. The van der Waals surface area contributed by atoms with E-state index in [1.807, 2.05) is 0 Å². The maximum absolute atomic E-state index is 11.2. The first-order valence-corrected chi connectivity index (χ1v) is 6.38. The first-order chi connectivity index (χ1) is 7.68. The molecule has 0 aromatic rings. The molecule has 0 aromatic carbocycles. The Morgan fingerprint density at radius 2 is 1.83 bits per heavy atom. The quantitative estimate of drug-likeness (QED) is 0.318. The van der Waals surface area contributed by atoms with Crippen molar-refractivity contribution in [2.24, 2.45) is 5.92 Å². The molecule has 0 bridgehead atoms. The fraction of sp³-hybridized carbons (Fsp3) is 0.778. The van der Waals surface area contributed by atoms with Gasteiger partial charge < -0.3 is 10.9 Å². The van der Waals surface area contributed by atoms with Gasteiger partial charge in [0.1, 0.15) is 0 Å². The summed E-state index contributed by atoms with van der Waals surface area (Å²) in [7, 11) is -3.73. The van der Waals surface area contributed by atoms with Gasteiger partial charge in [0, 0.05) is 0 Å². The number of methoxy groups -OCH3 is 1. The standard InChI is InChI=1S/C9H16O7S.Na.H/c1-6(2)5-16-8(10)4-7(9(11)15-3)17(12,13)14;;/h6-7H,4-5H2,1-3H3,(H,12,13,14);;/q;+1;-1. The van der Waals surface area contributed by atoms with Crippen molar-refractivity contribution in [1.82, 2.24) is 0 Å². The largest absolute Gasteiger partial charge is 1.00 e. The second-order valence-electron chi connectivity index (χ2n) is 3.81. The molecule has 0 radical (unpaired) electrons. The molecule has 1 atom stereocenters. The molecule has 0 saturated heterocycles. The topological polar surface area (TPSA) is 107 Å². The average molecular weight is 292 g/mol. The van der Waals surface area contributed by atoms with E-state index in [1.165, 1.54) is 0 Å². The molecule has 0 heterocycles. The van der Waals surface area contributed by atoms with E-state index in [2.05, 4.69) is 4.74 Å². The third-order valence-electron chi connectivity index (χ3n) is 1.75. The van der Waals surface area contributed by atoms with E-state index in [9.17, 15) is 18.0 Å². The molecule has 0 aromatic heterocycles. The van der Waals surface area contributed by atoms with Crippen molar-refractivity contribution in [2.75, 3.05) is 13.7 Å². The van der Waals surface area contributed by atoms with Crippen molar-refractivity contribution in [1.29, 1.82) is 0 Å². The normalized spacial score (nSPS) is 12.5. The van der Waals surface area contributed by atoms with Gasteiger partial charge in [-0.3, -0.25) is 14.1 Å². The number of hydrogen-bond donors (Lipinski definition) is 1. The van der Waals surface area contributed by atoms with Crippen LogP contribution in [0.3, 0.4) is 0 Å². The fourth-order valence-electron chi connectivity index (χ4n) is 0.912. The SMILES string of the molecule is COC(=O)C(CC(=O)OCC(C)C)S(=O)(=O)O.[H-].[Na+]. The van der Waals surface area contributed by atoms with Gasteiger partial charge in [0.2, 0.25) is 0 Å². The molecule has 0 aliphatic heterocycles. The first kappa shape index (κ1) is 20.2. The summed E-state index contributed by atoms with van der Waals surface area (Å²) in [4.78, 5) is 22.3. The third-order valence-corrected chi connectivity index (χ3v) is 2.83. The van der Waals surface area contributed by atoms with Gasteiger partial charge in [-0.1, -0.05) is 13.8 Å². The molecule has 0 amide bonds. The van der Waals surface area contributed by atoms with E-state index in [0.29, 0.717) is 0 Å². The average Bonchev–Trinajstić information content (AvgIpc) is 2.20. The second kappa shape index (κ2) is 8.87. The van der Waals surface area contributed by atoms with Crippen LogP contribution in [-0.2, 0) is 29.2 Å². The Morgan fingerprint density at radius 3 is 2.17 bits per heavy atom. The molecular formula is C9H17NaO7S. The fourth-order valence-corrected chi connectivity index (χ4v) is 1.60. The van der Waals surface area contributed by atoms with E-state index in [-0.39, 0.29) is 43.5 Å². The van der Waals surface area contributed by atoms with E-state index in [4.69, 9.17) is 9.29 Å². The molecular weight excluding hydrogens is 275 g/mol. The minimum absolute atomic E-state index is 0. The summed E-state index contributed by atoms with van der Waals surface area (Å²) >= 11 is 0. The Labute approximate surface area is 130 Å². The summed E-state index contributed by atoms with van der Waals surface area (Å²) in [5.41, 5.74) is 0. The Morgan fingerprint density at radius 1 is 1.33 bits per heavy atom. The maximum Gasteiger partial charge on any atom is 1.00 e. The zero-order chi connectivity index (χ0) is 13.6. The Balaban J connectivity index is -0.00000128. The van der Waals surface area contributed by atoms with Crippen LogP contribution in [0.25, 0.3) is 0 Å². The smallest absolute Gasteiger partial charge is 1.00 e. The van der Waals surface area contributed by atoms with Crippen molar-refractivity contribution < 1.29 is 63.0 Å². The summed E-state index contributed by atoms with van der Waals surface area (Å²) in [6.07, 6.45) is -0.766. The Kier molecular flexibility index (Phi) is 9.94. The zero-order valence-corrected chi connectivity index (χ0v) is 13.7. The van der Waals surface area contributed by atoms with Crippen LogP contribution in [0, 0.1) is 5.92 Å². The van der Waals surface area contributed by atoms with Crippen molar-refractivity contribution in [2.45, 2.75) is 25.5 Å². The Hall–Kier alpha value is -0.150. The minimum atomic E-state index is -4.69. The van der Waals surface area contributed by atoms with Crippen molar-refractivity contribution in [3.05, 3.63) is 0 Å². The molecule has 0 rings (SSSR count). The van der Waals surface area contributed by atoms with E-state index in [1.54, 1.807) is 13.8 Å². The van der Waals surface area contributed by atoms with Gasteiger partial charge in [0.15, 0.2) is 5.25 Å². The van der Waals surface area contributed by atoms with Crippen LogP contribution in [0.5, 0.6) is 0 Å². The van der Waals surface area contributed by atoms with Crippen LogP contribution in [0.4, 0.5) is 0 Å². The predicted octanol–water partition coefficient (Wildman–Crippen LogP) is -2.88. The predicted molar refractivity (Wildman–Crippen MR) is 58.9 cm³/mol. The van der Waals surface area contributed by atoms with E-state index >= 15 is 0 Å². The van der Waals surface area contributed by atoms with Crippen LogP contribution in [-0.4, -0.2) is 43.9 Å². The molecule has 0 fully saturated rings. The molecule has 0 aliphatic rings. The van der Waals surface area contributed by atoms with Gasteiger partial charge in [0.05, 0.1) is 20.1 Å². The molecule has 102 valence electrons. The monoisotopic (exact) mass is 292 g/mol. The minimum Gasteiger partial charge on any atom is -1.00 e. The van der Waals surface area contributed by atoms with Crippen molar-refractivity contribution >= 4 is 22.1 Å². The number of esters is 2. The summed E-state index contributed by atoms with van der Waals surface area (Å²) in [6, 6.07) is 0. The third kappa shape index (κ3) is 8.04. The number of carbonyl (C=O) groups excluding carboxylic acids is 2. The van der Waals surface area contributed by atoms with Gasteiger partial charge in [-0.15, -0.1) is 0 Å². The molecule has 1 unspecified atom stereocenters. The van der Waals surface area contributed by atoms with E-state index in [0.717, 1.165) is 7.11 Å². The number of carbonyl (C=O) groups is 2. The second-order valence-corrected chi connectivity index (χ2v) is 5.41. The summed E-state index contributed by atoms with van der Waals surface area (Å²) in [5.74, 6) is -2.00. The van der Waals surface area contributed by atoms with Gasteiger partial charge in [-0.2, -0.15) is 8.42 Å². The molecule has 0 saturated carbocycles. The Bertz CT molecular complexity index is 382. The van der Waals surface area contributed by atoms with Crippen LogP contribution in [0.2, 0.25) is 0 Å². The summed E-state index contributed by atoms with van der Waals surface area (Å²) in [5, 5.41) is -1.94. The molecule has 18 heavy (non-hydrogen) atoms. The summed E-state index contributed by atoms with van der Waals surface area (Å²) in [6.45, 7) is 3.71. The molecule has 1 N–H and O–H groups in total. The van der Waals surface area contributed by atoms with Gasteiger partial charge >= 0.3 is 41.5 Å². The summed E-state index contributed by atoms with van der Waals surface area (Å²) < 4.78 is 39.4. The molecule has 0 aliphatic carbocycles. The van der Waals surface area contributed by atoms with Crippen LogP contribution >= 0.6 is 0 Å².